The van der Waals surface area contributed by atoms with Crippen LogP contribution in [0.25, 0.3) is 0 Å². The minimum Gasteiger partial charge on any atom is -0.480 e. The number of benzene rings is 3. The number of fused-ring (bicyclic) bond motifs is 2. The number of carboxylic acid groups (broad SMARTS) is 1. The Hall–Kier alpha value is -4.30. The van der Waals surface area contributed by atoms with Crippen LogP contribution in [0.3, 0.4) is 0 Å². The number of nitrogens with zero attached hydrogens (tertiary/aromatic N) is 1. The van der Waals surface area contributed by atoms with Gasteiger partial charge in [0.25, 0.3) is 0 Å². The van der Waals surface area contributed by atoms with Crippen LogP contribution in [0, 0.1) is 0 Å². The van der Waals surface area contributed by atoms with Gasteiger partial charge in [-0.3, -0.25) is 14.5 Å². The first-order valence-electron chi connectivity index (χ1n) is 10.5. The molecule has 0 heterocycles. The molecule has 8 nitrogen and oxygen atoms in total. The van der Waals surface area contributed by atoms with Gasteiger partial charge in [0, 0.05) is 22.3 Å². The second-order valence-corrected chi connectivity index (χ2v) is 7.79. The minimum atomic E-state index is -1.49. The van der Waals surface area contributed by atoms with Crippen LogP contribution in [0.1, 0.15) is 43.0 Å². The first-order chi connectivity index (χ1) is 16.4. The summed E-state index contributed by atoms with van der Waals surface area (Å²) >= 11 is 0. The SMILES string of the molecule is O=C1c2ccccc2C(=O)c2cc(COC(=O)N(Cc3ccccc3)C(CO)C(=O)O)ccc21. The molecular weight excluding hydrogens is 438 g/mol. The lowest BCUT2D eigenvalue weighted by Gasteiger charge is -2.27. The average Bonchev–Trinajstić information content (AvgIpc) is 2.86. The second-order valence-electron chi connectivity index (χ2n) is 7.79. The van der Waals surface area contributed by atoms with E-state index in [4.69, 9.17) is 4.74 Å². The van der Waals surface area contributed by atoms with Crippen LogP contribution < -0.4 is 0 Å². The smallest absolute Gasteiger partial charge is 0.411 e. The maximum absolute atomic E-state index is 12.9. The molecule has 0 spiro atoms. The summed E-state index contributed by atoms with van der Waals surface area (Å²) in [6.45, 7) is -1.12. The number of hydrogen-bond donors (Lipinski definition) is 2. The number of aliphatic hydroxyl groups is 1. The van der Waals surface area contributed by atoms with E-state index in [1.165, 1.54) is 12.1 Å². The van der Waals surface area contributed by atoms with Gasteiger partial charge in [0.15, 0.2) is 17.6 Å². The molecule has 4 rings (SSSR count). The number of ketones is 2. The van der Waals surface area contributed by atoms with Crippen molar-refractivity contribution in [1.29, 1.82) is 0 Å². The second kappa shape index (κ2) is 9.68. The number of carbonyl (C=O) groups is 4. The number of carboxylic acids is 1. The molecule has 2 N–H and O–H groups in total. The topological polar surface area (TPSA) is 121 Å². The Labute approximate surface area is 195 Å². The van der Waals surface area contributed by atoms with E-state index in [0.29, 0.717) is 22.3 Å². The Morgan fingerprint density at radius 1 is 0.794 bits per heavy atom. The zero-order chi connectivity index (χ0) is 24.2. The lowest BCUT2D eigenvalue weighted by molar-refractivity contribution is -0.144. The summed E-state index contributed by atoms with van der Waals surface area (Å²) in [6, 6.07) is 18.4. The van der Waals surface area contributed by atoms with Crippen LogP contribution in [0.5, 0.6) is 0 Å². The predicted molar refractivity (Wildman–Crippen MR) is 120 cm³/mol. The molecule has 0 saturated heterocycles. The standard InChI is InChI=1S/C26H21NO7/c28-14-22(25(31)32)27(13-16-6-2-1-3-7-16)26(33)34-15-17-10-11-20-21(12-17)24(30)19-9-5-4-8-18(19)23(20)29/h1-12,22,28H,13-15H2,(H,31,32). The van der Waals surface area contributed by atoms with Gasteiger partial charge < -0.3 is 14.9 Å². The fraction of sp³-hybridized carbons (Fsp3) is 0.154. The molecule has 0 radical (unpaired) electrons. The summed E-state index contributed by atoms with van der Waals surface area (Å²) in [5, 5.41) is 19.0. The maximum atomic E-state index is 12.9. The molecule has 0 saturated carbocycles. The molecule has 1 amide bonds. The van der Waals surface area contributed by atoms with Gasteiger partial charge in [0.2, 0.25) is 0 Å². The first kappa shape index (κ1) is 22.9. The summed E-state index contributed by atoms with van der Waals surface area (Å²) < 4.78 is 5.33. The monoisotopic (exact) mass is 459 g/mol. The largest absolute Gasteiger partial charge is 0.480 e. The summed E-state index contributed by atoms with van der Waals surface area (Å²) in [5.74, 6) is -1.92. The number of aliphatic carboxylic acids is 1. The zero-order valence-electron chi connectivity index (χ0n) is 18.0. The normalized spacial score (nSPS) is 13.0. The van der Waals surface area contributed by atoms with Gasteiger partial charge in [0.05, 0.1) is 13.2 Å². The fourth-order valence-electron chi connectivity index (χ4n) is 3.86. The fourth-order valence-corrected chi connectivity index (χ4v) is 3.86. The molecule has 0 aromatic heterocycles. The van der Waals surface area contributed by atoms with Gasteiger partial charge in [-0.1, -0.05) is 60.7 Å². The average molecular weight is 459 g/mol. The lowest BCUT2D eigenvalue weighted by atomic mass is 9.83. The highest BCUT2D eigenvalue weighted by Gasteiger charge is 2.32. The molecule has 3 aromatic rings. The van der Waals surface area contributed by atoms with Crippen molar-refractivity contribution in [1.82, 2.24) is 4.90 Å². The lowest BCUT2D eigenvalue weighted by Crippen LogP contribution is -2.47. The maximum Gasteiger partial charge on any atom is 0.411 e. The third-order valence-corrected chi connectivity index (χ3v) is 5.62. The van der Waals surface area contributed by atoms with E-state index in [2.05, 4.69) is 0 Å². The van der Waals surface area contributed by atoms with Crippen LogP contribution in [0.15, 0.2) is 72.8 Å². The quantitative estimate of drug-likeness (QED) is 0.436. The molecule has 8 heteroatoms. The van der Waals surface area contributed by atoms with Gasteiger partial charge in [-0.05, 0) is 23.3 Å². The molecule has 0 fully saturated rings. The molecular formula is C26H21NO7. The third-order valence-electron chi connectivity index (χ3n) is 5.62. The zero-order valence-corrected chi connectivity index (χ0v) is 18.0. The number of aliphatic hydroxyl groups excluding tert-OH is 1. The number of ether oxygens (including phenoxy) is 1. The summed E-state index contributed by atoms with van der Waals surface area (Å²) in [5.41, 5.74) is 2.28. The van der Waals surface area contributed by atoms with Crippen LogP contribution >= 0.6 is 0 Å². The molecule has 0 aliphatic heterocycles. The molecule has 172 valence electrons. The van der Waals surface area contributed by atoms with Crippen molar-refractivity contribution in [2.24, 2.45) is 0 Å². The van der Waals surface area contributed by atoms with Crippen molar-refractivity contribution >= 4 is 23.6 Å². The van der Waals surface area contributed by atoms with Crippen molar-refractivity contribution in [3.05, 3.63) is 106 Å². The van der Waals surface area contributed by atoms with Gasteiger partial charge in [-0.25, -0.2) is 9.59 Å². The highest BCUT2D eigenvalue weighted by molar-refractivity contribution is 6.28. The highest BCUT2D eigenvalue weighted by Crippen LogP contribution is 2.28. The van der Waals surface area contributed by atoms with E-state index in [9.17, 15) is 29.4 Å². The van der Waals surface area contributed by atoms with E-state index >= 15 is 0 Å². The van der Waals surface area contributed by atoms with Crippen LogP contribution in [0.4, 0.5) is 4.79 Å². The van der Waals surface area contributed by atoms with Crippen molar-refractivity contribution in [2.45, 2.75) is 19.2 Å². The van der Waals surface area contributed by atoms with Crippen molar-refractivity contribution in [3.63, 3.8) is 0 Å². The number of amides is 1. The molecule has 3 aromatic carbocycles. The number of hydrogen-bond acceptors (Lipinski definition) is 6. The Bertz CT molecular complexity index is 1270. The number of carbonyl (C=O) groups excluding carboxylic acids is 3. The summed E-state index contributed by atoms with van der Waals surface area (Å²) in [7, 11) is 0. The van der Waals surface area contributed by atoms with Crippen molar-refractivity contribution < 1.29 is 34.1 Å². The minimum absolute atomic E-state index is 0.0782. The van der Waals surface area contributed by atoms with E-state index in [1.807, 2.05) is 0 Å². The molecule has 1 atom stereocenters. The van der Waals surface area contributed by atoms with Gasteiger partial charge in [-0.15, -0.1) is 0 Å². The third kappa shape index (κ3) is 4.44. The van der Waals surface area contributed by atoms with Gasteiger partial charge in [-0.2, -0.15) is 0 Å². The van der Waals surface area contributed by atoms with E-state index in [-0.39, 0.29) is 35.8 Å². The molecule has 1 aliphatic rings. The Balaban J connectivity index is 1.53. The van der Waals surface area contributed by atoms with E-state index in [1.54, 1.807) is 60.7 Å². The van der Waals surface area contributed by atoms with Gasteiger partial charge >= 0.3 is 12.1 Å². The van der Waals surface area contributed by atoms with E-state index in [0.717, 1.165) is 4.90 Å². The molecule has 1 unspecified atom stereocenters. The van der Waals surface area contributed by atoms with Crippen LogP contribution in [-0.2, 0) is 22.7 Å². The van der Waals surface area contributed by atoms with Crippen LogP contribution in [-0.4, -0.2) is 51.4 Å². The Morgan fingerprint density at radius 3 is 2.00 bits per heavy atom. The summed E-state index contributed by atoms with van der Waals surface area (Å²) in [6.07, 6.45) is -0.934. The number of rotatable bonds is 7. The molecule has 1 aliphatic carbocycles. The Morgan fingerprint density at radius 2 is 1.38 bits per heavy atom. The first-order valence-corrected chi connectivity index (χ1v) is 10.5. The molecule has 0 bridgehead atoms. The molecule has 34 heavy (non-hydrogen) atoms. The van der Waals surface area contributed by atoms with Gasteiger partial charge in [0.1, 0.15) is 6.61 Å². The van der Waals surface area contributed by atoms with Crippen molar-refractivity contribution in [3.8, 4) is 0 Å². The van der Waals surface area contributed by atoms with E-state index < -0.39 is 24.7 Å². The highest BCUT2D eigenvalue weighted by atomic mass is 16.6. The van der Waals surface area contributed by atoms with Crippen LogP contribution in [0.2, 0.25) is 0 Å². The Kier molecular flexibility index (Phi) is 6.51. The van der Waals surface area contributed by atoms with Crippen molar-refractivity contribution in [2.75, 3.05) is 6.61 Å². The predicted octanol–water partition coefficient (Wildman–Crippen LogP) is 3.05. The summed E-state index contributed by atoms with van der Waals surface area (Å²) in [4.78, 5) is 51.0.